The number of para-hydroxylation sites is 1. The predicted molar refractivity (Wildman–Crippen MR) is 75.9 cm³/mol. The molecule has 1 aromatic heterocycles. The van der Waals surface area contributed by atoms with Gasteiger partial charge in [-0.3, -0.25) is 9.48 Å². The monoisotopic (exact) mass is 270 g/mol. The minimum atomic E-state index is 0.393. The van der Waals surface area contributed by atoms with E-state index in [1.54, 1.807) is 12.1 Å². The maximum atomic E-state index is 10.9. The van der Waals surface area contributed by atoms with Gasteiger partial charge in [-0.05, 0) is 31.0 Å². The van der Waals surface area contributed by atoms with E-state index in [2.05, 4.69) is 9.78 Å². The second kappa shape index (κ2) is 5.90. The number of nitrogens with zero attached hydrogens (tertiary/aromatic N) is 2. The predicted octanol–water partition coefficient (Wildman–Crippen LogP) is 3.39. The van der Waals surface area contributed by atoms with Crippen LogP contribution in [-0.4, -0.2) is 16.1 Å². The quantitative estimate of drug-likeness (QED) is 0.782. The highest BCUT2D eigenvalue weighted by molar-refractivity contribution is 5.79. The van der Waals surface area contributed by atoms with Crippen molar-refractivity contribution in [1.29, 1.82) is 0 Å². The fraction of sp³-hybridized carbons (Fsp3) is 0.375. The van der Waals surface area contributed by atoms with Crippen LogP contribution in [0.2, 0.25) is 0 Å². The van der Waals surface area contributed by atoms with Crippen molar-refractivity contribution in [3.63, 3.8) is 0 Å². The first kappa shape index (κ1) is 12.9. The van der Waals surface area contributed by atoms with E-state index >= 15 is 0 Å². The van der Waals surface area contributed by atoms with E-state index in [-0.39, 0.29) is 0 Å². The van der Waals surface area contributed by atoms with E-state index in [1.165, 1.54) is 25.7 Å². The van der Waals surface area contributed by atoms with Gasteiger partial charge in [0, 0.05) is 6.20 Å². The van der Waals surface area contributed by atoms with Crippen molar-refractivity contribution in [2.45, 2.75) is 38.3 Å². The zero-order valence-electron chi connectivity index (χ0n) is 11.4. The molecular weight excluding hydrogens is 252 g/mol. The second-order valence-electron chi connectivity index (χ2n) is 5.17. The lowest BCUT2D eigenvalue weighted by Crippen LogP contribution is -2.06. The molecule has 0 aliphatic heterocycles. The summed E-state index contributed by atoms with van der Waals surface area (Å²) in [6.45, 7) is 0.393. The summed E-state index contributed by atoms with van der Waals surface area (Å²) >= 11 is 0. The summed E-state index contributed by atoms with van der Waals surface area (Å²) < 4.78 is 7.74. The molecule has 0 radical (unpaired) electrons. The molecule has 4 heteroatoms. The Morgan fingerprint density at radius 1 is 1.25 bits per heavy atom. The number of hydrogen-bond acceptors (Lipinski definition) is 3. The van der Waals surface area contributed by atoms with Gasteiger partial charge in [0.15, 0.2) is 6.29 Å². The molecule has 0 atom stereocenters. The Kier molecular flexibility index (Phi) is 3.81. The second-order valence-corrected chi connectivity index (χ2v) is 5.17. The minimum Gasteiger partial charge on any atom is -0.486 e. The first-order chi connectivity index (χ1) is 9.86. The molecule has 1 aromatic carbocycles. The molecule has 0 bridgehead atoms. The number of hydrogen-bond donors (Lipinski definition) is 0. The van der Waals surface area contributed by atoms with Crippen LogP contribution in [0, 0.1) is 0 Å². The summed E-state index contributed by atoms with van der Waals surface area (Å²) in [6.07, 6.45) is 7.87. The summed E-state index contributed by atoms with van der Waals surface area (Å²) in [5, 5.41) is 4.57. The van der Waals surface area contributed by atoms with Gasteiger partial charge in [0.1, 0.15) is 12.4 Å². The zero-order chi connectivity index (χ0) is 13.8. The molecule has 1 aliphatic carbocycles. The molecular formula is C16H18N2O2. The van der Waals surface area contributed by atoms with Crippen LogP contribution in [0.15, 0.2) is 36.5 Å². The van der Waals surface area contributed by atoms with Gasteiger partial charge in [-0.1, -0.05) is 25.0 Å². The summed E-state index contributed by atoms with van der Waals surface area (Å²) in [6, 6.07) is 9.77. The van der Waals surface area contributed by atoms with Gasteiger partial charge in [-0.15, -0.1) is 0 Å². The van der Waals surface area contributed by atoms with Crippen molar-refractivity contribution in [2.24, 2.45) is 0 Å². The molecule has 1 aliphatic rings. The van der Waals surface area contributed by atoms with Crippen molar-refractivity contribution in [2.75, 3.05) is 0 Å². The highest BCUT2D eigenvalue weighted by atomic mass is 16.5. The fourth-order valence-electron chi connectivity index (χ4n) is 2.69. The van der Waals surface area contributed by atoms with Crippen molar-refractivity contribution in [1.82, 2.24) is 9.78 Å². The van der Waals surface area contributed by atoms with E-state index < -0.39 is 0 Å². The van der Waals surface area contributed by atoms with Crippen molar-refractivity contribution in [3.8, 4) is 5.75 Å². The lowest BCUT2D eigenvalue weighted by molar-refractivity contribution is 0.111. The van der Waals surface area contributed by atoms with Gasteiger partial charge < -0.3 is 4.74 Å². The number of rotatable bonds is 5. The molecule has 0 N–H and O–H groups in total. The Labute approximate surface area is 118 Å². The average molecular weight is 270 g/mol. The van der Waals surface area contributed by atoms with Crippen molar-refractivity contribution < 1.29 is 9.53 Å². The summed E-state index contributed by atoms with van der Waals surface area (Å²) in [5.74, 6) is 0.609. The Hall–Kier alpha value is -2.10. The molecule has 104 valence electrons. The highest BCUT2D eigenvalue weighted by Gasteiger charge is 2.17. The third-order valence-corrected chi connectivity index (χ3v) is 3.78. The SMILES string of the molecule is O=Cc1ccccc1OCc1ccn(C2CCCC2)n1. The average Bonchev–Trinajstić information content (AvgIpc) is 3.16. The van der Waals surface area contributed by atoms with Gasteiger partial charge in [0.05, 0.1) is 17.3 Å². The maximum Gasteiger partial charge on any atom is 0.153 e. The number of carbonyl (C=O) groups excluding carboxylic acids is 1. The molecule has 0 spiro atoms. The van der Waals surface area contributed by atoms with E-state index in [1.807, 2.05) is 24.4 Å². The van der Waals surface area contributed by atoms with E-state index in [4.69, 9.17) is 4.74 Å². The minimum absolute atomic E-state index is 0.393. The number of aromatic nitrogens is 2. The fourth-order valence-corrected chi connectivity index (χ4v) is 2.69. The standard InChI is InChI=1S/C16H18N2O2/c19-11-13-5-1-4-8-16(13)20-12-14-9-10-18(17-14)15-6-2-3-7-15/h1,4-5,8-11,15H,2-3,6-7,12H2. The Balaban J connectivity index is 1.65. The van der Waals surface area contributed by atoms with Crippen LogP contribution in [0.25, 0.3) is 0 Å². The van der Waals surface area contributed by atoms with E-state index in [0.717, 1.165) is 12.0 Å². The summed E-state index contributed by atoms with van der Waals surface area (Å²) in [5.41, 5.74) is 1.47. The van der Waals surface area contributed by atoms with Crippen molar-refractivity contribution in [3.05, 3.63) is 47.8 Å². The van der Waals surface area contributed by atoms with Crippen LogP contribution in [0.4, 0.5) is 0 Å². The third-order valence-electron chi connectivity index (χ3n) is 3.78. The number of carbonyl (C=O) groups is 1. The molecule has 20 heavy (non-hydrogen) atoms. The molecule has 1 fully saturated rings. The van der Waals surface area contributed by atoms with Crippen LogP contribution in [-0.2, 0) is 6.61 Å². The van der Waals surface area contributed by atoms with Crippen molar-refractivity contribution >= 4 is 6.29 Å². The van der Waals surface area contributed by atoms with Crippen LogP contribution in [0.3, 0.4) is 0 Å². The molecule has 4 nitrogen and oxygen atoms in total. The lowest BCUT2D eigenvalue weighted by atomic mass is 10.2. The zero-order valence-corrected chi connectivity index (χ0v) is 11.4. The summed E-state index contributed by atoms with van der Waals surface area (Å²) in [4.78, 5) is 10.9. The first-order valence-corrected chi connectivity index (χ1v) is 7.08. The molecule has 1 heterocycles. The van der Waals surface area contributed by atoms with E-state index in [0.29, 0.717) is 24.0 Å². The Morgan fingerprint density at radius 3 is 2.85 bits per heavy atom. The lowest BCUT2D eigenvalue weighted by Gasteiger charge is -2.09. The van der Waals surface area contributed by atoms with Crippen LogP contribution in [0.1, 0.15) is 47.8 Å². The number of aldehydes is 1. The van der Waals surface area contributed by atoms with Crippen LogP contribution >= 0.6 is 0 Å². The molecule has 2 aromatic rings. The molecule has 1 saturated carbocycles. The molecule has 0 saturated heterocycles. The van der Waals surface area contributed by atoms with Gasteiger partial charge in [-0.25, -0.2) is 0 Å². The van der Waals surface area contributed by atoms with E-state index in [9.17, 15) is 4.79 Å². The smallest absolute Gasteiger partial charge is 0.153 e. The topological polar surface area (TPSA) is 44.1 Å². The van der Waals surface area contributed by atoms with Gasteiger partial charge >= 0.3 is 0 Å². The Bertz CT molecular complexity index is 586. The van der Waals surface area contributed by atoms with Crippen LogP contribution < -0.4 is 4.74 Å². The normalized spacial score (nSPS) is 15.4. The largest absolute Gasteiger partial charge is 0.486 e. The molecule has 3 rings (SSSR count). The van der Waals surface area contributed by atoms with Gasteiger partial charge in [-0.2, -0.15) is 5.10 Å². The first-order valence-electron chi connectivity index (χ1n) is 7.08. The van der Waals surface area contributed by atoms with Gasteiger partial charge in [0.25, 0.3) is 0 Å². The third kappa shape index (κ3) is 2.74. The number of ether oxygens (including phenoxy) is 1. The van der Waals surface area contributed by atoms with Crippen LogP contribution in [0.5, 0.6) is 5.75 Å². The molecule has 0 unspecified atom stereocenters. The van der Waals surface area contributed by atoms with Gasteiger partial charge in [0.2, 0.25) is 0 Å². The Morgan fingerprint density at radius 2 is 2.05 bits per heavy atom. The summed E-state index contributed by atoms with van der Waals surface area (Å²) in [7, 11) is 0. The molecule has 0 amide bonds. The highest BCUT2D eigenvalue weighted by Crippen LogP contribution is 2.28. The maximum absolute atomic E-state index is 10.9. The number of benzene rings is 1.